The van der Waals surface area contributed by atoms with Crippen molar-refractivity contribution in [3.8, 4) is 0 Å². The minimum absolute atomic E-state index is 0.00519. The molecule has 0 radical (unpaired) electrons. The van der Waals surface area contributed by atoms with Gasteiger partial charge < -0.3 is 4.90 Å². The maximum absolute atomic E-state index is 12.6. The number of carbonyl (C=O) groups excluding carboxylic acids is 1. The Balaban J connectivity index is 2.31. The molecule has 23 heavy (non-hydrogen) atoms. The number of carbonyl (C=O) groups is 1. The summed E-state index contributed by atoms with van der Waals surface area (Å²) in [6.07, 6.45) is 3.61. The van der Waals surface area contributed by atoms with Crippen LogP contribution >= 0.6 is 0 Å². The molecule has 8 nitrogen and oxygen atoms in total. The minimum Gasteiger partial charge on any atom is -0.329 e. The number of nitrogens with zero attached hydrogens (tertiary/aromatic N) is 3. The largest absolute Gasteiger partial charge is 0.329 e. The fourth-order valence-corrected chi connectivity index (χ4v) is 2.97. The van der Waals surface area contributed by atoms with E-state index in [2.05, 4.69) is 0 Å². The standard InChI is InChI=1S/C15H19N3O5/c1-3-5-13-14(6-4-2)16(13)15(19)10-7-11(17(20)21)9-12(8-10)18(22)23/h7-9,13-14H,3-6H2,1-2H3. The summed E-state index contributed by atoms with van der Waals surface area (Å²) in [6.45, 7) is 4.06. The molecule has 1 aliphatic rings. The lowest BCUT2D eigenvalue weighted by Crippen LogP contribution is -2.15. The second-order valence-electron chi connectivity index (χ2n) is 5.68. The quantitative estimate of drug-likeness (QED) is 0.435. The summed E-state index contributed by atoms with van der Waals surface area (Å²) in [5.41, 5.74) is -0.877. The van der Waals surface area contributed by atoms with Crippen molar-refractivity contribution in [3.63, 3.8) is 0 Å². The molecule has 2 rings (SSSR count). The molecule has 0 aromatic heterocycles. The summed E-state index contributed by atoms with van der Waals surface area (Å²) in [5, 5.41) is 21.9. The van der Waals surface area contributed by atoms with Crippen molar-refractivity contribution in [1.82, 2.24) is 4.90 Å². The Hall–Kier alpha value is -2.51. The van der Waals surface area contributed by atoms with Gasteiger partial charge in [-0.15, -0.1) is 0 Å². The van der Waals surface area contributed by atoms with Gasteiger partial charge in [0.25, 0.3) is 17.3 Å². The Kier molecular flexibility index (Phi) is 4.92. The van der Waals surface area contributed by atoms with Crippen molar-refractivity contribution >= 4 is 17.3 Å². The number of hydrogen-bond acceptors (Lipinski definition) is 5. The Bertz CT molecular complexity index is 602. The van der Waals surface area contributed by atoms with Gasteiger partial charge in [0.1, 0.15) is 0 Å². The maximum atomic E-state index is 12.6. The zero-order valence-electron chi connectivity index (χ0n) is 13.1. The van der Waals surface area contributed by atoms with E-state index in [1.165, 1.54) is 0 Å². The number of nitro groups is 2. The predicted molar refractivity (Wildman–Crippen MR) is 83.3 cm³/mol. The van der Waals surface area contributed by atoms with E-state index in [0.29, 0.717) is 0 Å². The van der Waals surface area contributed by atoms with E-state index >= 15 is 0 Å². The molecule has 8 heteroatoms. The first kappa shape index (κ1) is 16.9. The van der Waals surface area contributed by atoms with Gasteiger partial charge >= 0.3 is 0 Å². The lowest BCUT2D eigenvalue weighted by Gasteiger charge is -2.05. The highest BCUT2D eigenvalue weighted by Gasteiger charge is 2.49. The van der Waals surface area contributed by atoms with Gasteiger partial charge in [-0.1, -0.05) is 26.7 Å². The highest BCUT2D eigenvalue weighted by atomic mass is 16.6. The van der Waals surface area contributed by atoms with Crippen LogP contribution in [0, 0.1) is 20.2 Å². The Morgan fingerprint density at radius 3 is 1.78 bits per heavy atom. The van der Waals surface area contributed by atoms with E-state index in [1.54, 1.807) is 4.90 Å². The lowest BCUT2D eigenvalue weighted by atomic mass is 10.1. The van der Waals surface area contributed by atoms with Crippen molar-refractivity contribution in [2.24, 2.45) is 0 Å². The average Bonchev–Trinajstić information content (AvgIpc) is 3.19. The second kappa shape index (κ2) is 6.72. The number of amides is 1. The van der Waals surface area contributed by atoms with Crippen LogP contribution < -0.4 is 0 Å². The number of nitro benzene ring substituents is 2. The molecular formula is C15H19N3O5. The molecule has 0 spiro atoms. The molecule has 1 aromatic rings. The molecule has 1 amide bonds. The molecule has 124 valence electrons. The summed E-state index contributed by atoms with van der Waals surface area (Å²) in [6, 6.07) is 3.35. The summed E-state index contributed by atoms with van der Waals surface area (Å²) >= 11 is 0. The summed E-state index contributed by atoms with van der Waals surface area (Å²) in [7, 11) is 0. The first-order valence-corrected chi connectivity index (χ1v) is 7.67. The molecule has 1 saturated heterocycles. The number of benzene rings is 1. The van der Waals surface area contributed by atoms with Gasteiger partial charge in [0.2, 0.25) is 0 Å². The van der Waals surface area contributed by atoms with Gasteiger partial charge in [0.15, 0.2) is 0 Å². The second-order valence-corrected chi connectivity index (χ2v) is 5.68. The first-order chi connectivity index (χ1) is 10.9. The van der Waals surface area contributed by atoms with Crippen LogP contribution in [0.1, 0.15) is 49.9 Å². The van der Waals surface area contributed by atoms with Crippen LogP contribution in [-0.2, 0) is 0 Å². The molecular weight excluding hydrogens is 302 g/mol. The monoisotopic (exact) mass is 321 g/mol. The van der Waals surface area contributed by atoms with E-state index in [0.717, 1.165) is 43.9 Å². The number of non-ortho nitro benzene ring substituents is 2. The Morgan fingerprint density at radius 2 is 1.43 bits per heavy atom. The van der Waals surface area contributed by atoms with E-state index in [-0.39, 0.29) is 23.6 Å². The summed E-state index contributed by atoms with van der Waals surface area (Å²) in [5.74, 6) is -0.367. The Morgan fingerprint density at radius 1 is 1.00 bits per heavy atom. The SMILES string of the molecule is CCCC1C(CCC)N1C(=O)c1cc([N+](=O)[O-])cc([N+](=O)[O-])c1. The van der Waals surface area contributed by atoms with Gasteiger partial charge in [0.05, 0.1) is 33.6 Å². The van der Waals surface area contributed by atoms with Gasteiger partial charge in [-0.05, 0) is 12.8 Å². The molecule has 0 N–H and O–H groups in total. The first-order valence-electron chi connectivity index (χ1n) is 7.67. The van der Waals surface area contributed by atoms with Crippen LogP contribution in [0.4, 0.5) is 11.4 Å². The van der Waals surface area contributed by atoms with Crippen LogP contribution in [0.15, 0.2) is 18.2 Å². The molecule has 1 fully saturated rings. The minimum atomic E-state index is -0.723. The lowest BCUT2D eigenvalue weighted by molar-refractivity contribution is -0.394. The maximum Gasteiger partial charge on any atom is 0.277 e. The van der Waals surface area contributed by atoms with E-state index < -0.39 is 21.2 Å². The van der Waals surface area contributed by atoms with Gasteiger partial charge in [0, 0.05) is 12.1 Å². The smallest absolute Gasteiger partial charge is 0.277 e. The average molecular weight is 321 g/mol. The Labute approximate surface area is 133 Å². The van der Waals surface area contributed by atoms with Crippen LogP contribution in [0.25, 0.3) is 0 Å². The third kappa shape index (κ3) is 3.46. The highest BCUT2D eigenvalue weighted by Crippen LogP contribution is 2.38. The molecule has 1 heterocycles. The topological polar surface area (TPSA) is 106 Å². The molecule has 0 bridgehead atoms. The van der Waals surface area contributed by atoms with E-state index in [9.17, 15) is 25.0 Å². The molecule has 0 saturated carbocycles. The fourth-order valence-electron chi connectivity index (χ4n) is 2.97. The van der Waals surface area contributed by atoms with Crippen molar-refractivity contribution in [3.05, 3.63) is 44.0 Å². The van der Waals surface area contributed by atoms with Gasteiger partial charge in [-0.3, -0.25) is 25.0 Å². The number of rotatable bonds is 7. The fraction of sp³-hybridized carbons (Fsp3) is 0.533. The molecule has 2 unspecified atom stereocenters. The summed E-state index contributed by atoms with van der Waals surface area (Å²) < 4.78 is 0. The van der Waals surface area contributed by atoms with E-state index in [1.807, 2.05) is 13.8 Å². The number of hydrogen-bond donors (Lipinski definition) is 0. The van der Waals surface area contributed by atoms with Crippen molar-refractivity contribution in [1.29, 1.82) is 0 Å². The van der Waals surface area contributed by atoms with Gasteiger partial charge in [-0.25, -0.2) is 0 Å². The molecule has 1 aliphatic heterocycles. The zero-order chi connectivity index (χ0) is 17.1. The van der Waals surface area contributed by atoms with Crippen LogP contribution in [-0.4, -0.2) is 32.7 Å². The molecule has 0 aliphatic carbocycles. The van der Waals surface area contributed by atoms with Crippen molar-refractivity contribution in [2.75, 3.05) is 0 Å². The van der Waals surface area contributed by atoms with E-state index in [4.69, 9.17) is 0 Å². The third-order valence-corrected chi connectivity index (χ3v) is 4.04. The highest BCUT2D eigenvalue weighted by molar-refractivity contribution is 5.97. The van der Waals surface area contributed by atoms with Crippen molar-refractivity contribution in [2.45, 2.75) is 51.6 Å². The summed E-state index contributed by atoms with van der Waals surface area (Å²) in [4.78, 5) is 34.7. The van der Waals surface area contributed by atoms with Crippen molar-refractivity contribution < 1.29 is 14.6 Å². The van der Waals surface area contributed by atoms with Crippen LogP contribution in [0.2, 0.25) is 0 Å². The van der Waals surface area contributed by atoms with Gasteiger partial charge in [-0.2, -0.15) is 0 Å². The van der Waals surface area contributed by atoms with Crippen LogP contribution in [0.5, 0.6) is 0 Å². The predicted octanol–water partition coefficient (Wildman–Crippen LogP) is 3.30. The normalized spacial score (nSPS) is 19.5. The third-order valence-electron chi connectivity index (χ3n) is 4.04. The molecule has 2 atom stereocenters. The molecule has 1 aromatic carbocycles. The van der Waals surface area contributed by atoms with Crippen LogP contribution in [0.3, 0.4) is 0 Å². The zero-order valence-corrected chi connectivity index (χ0v) is 13.1.